The van der Waals surface area contributed by atoms with E-state index < -0.39 is 0 Å². The lowest BCUT2D eigenvalue weighted by Crippen LogP contribution is -2.29. The summed E-state index contributed by atoms with van der Waals surface area (Å²) in [6.45, 7) is 6.71. The van der Waals surface area contributed by atoms with Gasteiger partial charge in [0.05, 0.1) is 0 Å². The van der Waals surface area contributed by atoms with Crippen LogP contribution < -0.4 is 5.32 Å². The Hall–Kier alpha value is -1.42. The summed E-state index contributed by atoms with van der Waals surface area (Å²) in [5.41, 5.74) is 2.06. The lowest BCUT2D eigenvalue weighted by Gasteiger charge is -2.23. The average molecular weight is 258 g/mol. The van der Waals surface area contributed by atoms with Crippen LogP contribution in [0.5, 0.6) is 0 Å². The van der Waals surface area contributed by atoms with Crippen LogP contribution in [0, 0.1) is 5.92 Å². The number of piperidine rings is 1. The molecule has 4 heteroatoms. The Kier molecular flexibility index (Phi) is 3.51. The molecule has 0 spiro atoms. The molecule has 2 aromatic heterocycles. The summed E-state index contributed by atoms with van der Waals surface area (Å²) in [5, 5.41) is 3.42. The van der Waals surface area contributed by atoms with E-state index in [0.29, 0.717) is 6.04 Å². The third kappa shape index (κ3) is 2.50. The summed E-state index contributed by atoms with van der Waals surface area (Å²) in [7, 11) is 0. The minimum atomic E-state index is 0.414. The Morgan fingerprint density at radius 1 is 1.37 bits per heavy atom. The summed E-state index contributed by atoms with van der Waals surface area (Å²) in [6, 6.07) is 4.44. The summed E-state index contributed by atoms with van der Waals surface area (Å²) in [5.74, 6) is 1.96. The summed E-state index contributed by atoms with van der Waals surface area (Å²) >= 11 is 0. The molecule has 0 bridgehead atoms. The summed E-state index contributed by atoms with van der Waals surface area (Å²) in [6.07, 6.45) is 5.46. The zero-order chi connectivity index (χ0) is 13.2. The Balaban J connectivity index is 1.95. The van der Waals surface area contributed by atoms with Crippen LogP contribution >= 0.6 is 0 Å². The first-order valence-corrected chi connectivity index (χ1v) is 7.28. The highest BCUT2D eigenvalue weighted by atomic mass is 15.1. The van der Waals surface area contributed by atoms with Gasteiger partial charge in [0.2, 0.25) is 0 Å². The molecule has 1 saturated heterocycles. The molecule has 3 rings (SSSR count). The van der Waals surface area contributed by atoms with Crippen molar-refractivity contribution in [2.75, 3.05) is 13.1 Å². The van der Waals surface area contributed by atoms with Crippen molar-refractivity contribution in [3.05, 3.63) is 24.2 Å². The predicted molar refractivity (Wildman–Crippen MR) is 77.2 cm³/mol. The van der Waals surface area contributed by atoms with Crippen LogP contribution in [0.2, 0.25) is 0 Å². The van der Waals surface area contributed by atoms with Crippen molar-refractivity contribution in [1.29, 1.82) is 0 Å². The standard InChI is InChI=1S/C15H22N4/c1-11(2)19-14(10-12-5-8-16-9-6-12)18-13-4-3-7-17-15(13)19/h3-4,7,11-12,16H,5-6,8-10H2,1-2H3. The summed E-state index contributed by atoms with van der Waals surface area (Å²) < 4.78 is 2.30. The van der Waals surface area contributed by atoms with Crippen molar-refractivity contribution in [3.8, 4) is 0 Å². The van der Waals surface area contributed by atoms with Crippen LogP contribution in [-0.2, 0) is 6.42 Å². The highest BCUT2D eigenvalue weighted by molar-refractivity contribution is 5.71. The van der Waals surface area contributed by atoms with Crippen molar-refractivity contribution in [1.82, 2.24) is 19.9 Å². The molecule has 0 saturated carbocycles. The highest BCUT2D eigenvalue weighted by Gasteiger charge is 2.19. The van der Waals surface area contributed by atoms with Gasteiger partial charge in [-0.1, -0.05) is 0 Å². The average Bonchev–Trinajstić information content (AvgIpc) is 2.77. The number of fused-ring (bicyclic) bond motifs is 1. The van der Waals surface area contributed by atoms with Crippen LogP contribution in [0.3, 0.4) is 0 Å². The van der Waals surface area contributed by atoms with Gasteiger partial charge in [0.1, 0.15) is 11.3 Å². The molecule has 3 heterocycles. The number of pyridine rings is 1. The molecule has 19 heavy (non-hydrogen) atoms. The quantitative estimate of drug-likeness (QED) is 0.920. The first-order chi connectivity index (χ1) is 9.25. The monoisotopic (exact) mass is 258 g/mol. The Morgan fingerprint density at radius 3 is 2.89 bits per heavy atom. The van der Waals surface area contributed by atoms with Gasteiger partial charge in [-0.3, -0.25) is 0 Å². The van der Waals surface area contributed by atoms with Gasteiger partial charge in [-0.05, 0) is 57.8 Å². The molecular formula is C15H22N4. The van der Waals surface area contributed by atoms with E-state index >= 15 is 0 Å². The largest absolute Gasteiger partial charge is 0.317 e. The van der Waals surface area contributed by atoms with Gasteiger partial charge < -0.3 is 9.88 Å². The minimum absolute atomic E-state index is 0.414. The van der Waals surface area contributed by atoms with Gasteiger partial charge >= 0.3 is 0 Å². The molecule has 0 atom stereocenters. The summed E-state index contributed by atoms with van der Waals surface area (Å²) in [4.78, 5) is 9.31. The molecule has 1 aliphatic heterocycles. The molecule has 0 aromatic carbocycles. The third-order valence-corrected chi connectivity index (χ3v) is 3.97. The number of imidazole rings is 1. The molecule has 102 valence electrons. The van der Waals surface area contributed by atoms with Crippen molar-refractivity contribution in [3.63, 3.8) is 0 Å². The Morgan fingerprint density at radius 2 is 2.16 bits per heavy atom. The van der Waals surface area contributed by atoms with E-state index in [4.69, 9.17) is 4.98 Å². The molecule has 0 unspecified atom stereocenters. The molecular weight excluding hydrogens is 236 g/mol. The van der Waals surface area contributed by atoms with E-state index in [1.165, 1.54) is 18.7 Å². The number of rotatable bonds is 3. The first kappa shape index (κ1) is 12.6. The van der Waals surface area contributed by atoms with E-state index in [1.54, 1.807) is 0 Å². The maximum Gasteiger partial charge on any atom is 0.160 e. The maximum atomic E-state index is 4.81. The van der Waals surface area contributed by atoms with Gasteiger partial charge in [-0.25, -0.2) is 9.97 Å². The zero-order valence-corrected chi connectivity index (χ0v) is 11.8. The van der Waals surface area contributed by atoms with E-state index in [-0.39, 0.29) is 0 Å². The van der Waals surface area contributed by atoms with Crippen LogP contribution in [0.25, 0.3) is 11.2 Å². The van der Waals surface area contributed by atoms with E-state index in [9.17, 15) is 0 Å². The van der Waals surface area contributed by atoms with Gasteiger partial charge in [-0.15, -0.1) is 0 Å². The smallest absolute Gasteiger partial charge is 0.160 e. The Labute approximate surface area is 114 Å². The predicted octanol–water partition coefficient (Wildman–Crippen LogP) is 2.55. The van der Waals surface area contributed by atoms with Gasteiger partial charge in [0.25, 0.3) is 0 Å². The van der Waals surface area contributed by atoms with Gasteiger partial charge in [0.15, 0.2) is 5.65 Å². The Bertz CT molecular complexity index is 552. The second kappa shape index (κ2) is 5.29. The van der Waals surface area contributed by atoms with E-state index in [0.717, 1.165) is 36.6 Å². The molecule has 1 fully saturated rings. The second-order valence-corrected chi connectivity index (χ2v) is 5.74. The molecule has 1 aliphatic rings. The molecule has 1 N–H and O–H groups in total. The molecule has 0 radical (unpaired) electrons. The molecule has 4 nitrogen and oxygen atoms in total. The third-order valence-electron chi connectivity index (χ3n) is 3.97. The van der Waals surface area contributed by atoms with Gasteiger partial charge in [0, 0.05) is 18.7 Å². The fraction of sp³-hybridized carbons (Fsp3) is 0.600. The first-order valence-electron chi connectivity index (χ1n) is 7.28. The van der Waals surface area contributed by atoms with Crippen molar-refractivity contribution in [2.45, 2.75) is 39.2 Å². The highest BCUT2D eigenvalue weighted by Crippen LogP contribution is 2.23. The van der Waals surface area contributed by atoms with Crippen molar-refractivity contribution < 1.29 is 0 Å². The topological polar surface area (TPSA) is 42.7 Å². The van der Waals surface area contributed by atoms with Crippen LogP contribution in [0.4, 0.5) is 0 Å². The number of nitrogens with one attached hydrogen (secondary N) is 1. The number of hydrogen-bond donors (Lipinski definition) is 1. The van der Waals surface area contributed by atoms with Crippen molar-refractivity contribution in [2.24, 2.45) is 5.92 Å². The number of hydrogen-bond acceptors (Lipinski definition) is 3. The fourth-order valence-corrected chi connectivity index (χ4v) is 3.01. The van der Waals surface area contributed by atoms with Gasteiger partial charge in [-0.2, -0.15) is 0 Å². The lowest BCUT2D eigenvalue weighted by molar-refractivity contribution is 0.361. The normalized spacial score (nSPS) is 17.4. The molecule has 0 amide bonds. The number of aromatic nitrogens is 3. The minimum Gasteiger partial charge on any atom is -0.317 e. The second-order valence-electron chi connectivity index (χ2n) is 5.74. The van der Waals surface area contributed by atoms with Crippen LogP contribution in [0.1, 0.15) is 38.6 Å². The lowest BCUT2D eigenvalue weighted by atomic mass is 9.94. The molecule has 0 aliphatic carbocycles. The molecule has 2 aromatic rings. The SMILES string of the molecule is CC(C)n1c(CC2CCNCC2)nc2cccnc21. The fourth-order valence-electron chi connectivity index (χ4n) is 3.01. The number of nitrogens with zero attached hydrogens (tertiary/aromatic N) is 3. The van der Waals surface area contributed by atoms with E-state index in [2.05, 4.69) is 34.8 Å². The van der Waals surface area contributed by atoms with Crippen molar-refractivity contribution >= 4 is 11.2 Å². The zero-order valence-electron chi connectivity index (χ0n) is 11.8. The van der Waals surface area contributed by atoms with Crippen LogP contribution in [-0.4, -0.2) is 27.6 Å². The van der Waals surface area contributed by atoms with E-state index in [1.807, 2.05) is 12.3 Å². The maximum absolute atomic E-state index is 4.81. The van der Waals surface area contributed by atoms with Crippen LogP contribution in [0.15, 0.2) is 18.3 Å².